The van der Waals surface area contributed by atoms with Crippen LogP contribution in [0.15, 0.2) is 35.4 Å². The van der Waals surface area contributed by atoms with Gasteiger partial charge in [0, 0.05) is 18.5 Å². The minimum absolute atomic E-state index is 0.106. The van der Waals surface area contributed by atoms with Crippen molar-refractivity contribution in [1.29, 1.82) is 0 Å². The van der Waals surface area contributed by atoms with Gasteiger partial charge in [0.2, 0.25) is 5.17 Å². The highest BCUT2D eigenvalue weighted by Gasteiger charge is 2.34. The first kappa shape index (κ1) is 16.2. The number of hydrogen-bond acceptors (Lipinski definition) is 6. The zero-order valence-corrected chi connectivity index (χ0v) is 15.1. The molecule has 0 N–H and O–H groups in total. The number of benzene rings is 1. The summed E-state index contributed by atoms with van der Waals surface area (Å²) in [5.41, 5.74) is 0.879. The number of amidine groups is 1. The van der Waals surface area contributed by atoms with Crippen molar-refractivity contribution in [2.24, 2.45) is 12.1 Å². The molecule has 120 valence electrons. The lowest BCUT2D eigenvalue weighted by atomic mass is 10.3. The average Bonchev–Trinajstić information content (AvgIpc) is 3.30. The molecule has 0 fully saturated rings. The molecule has 1 aromatic carbocycles. The maximum Gasteiger partial charge on any atom is 0.292 e. The summed E-state index contributed by atoms with van der Waals surface area (Å²) in [6.45, 7) is 2.46. The Morgan fingerprint density at radius 1 is 1.39 bits per heavy atom. The molecule has 0 spiro atoms. The van der Waals surface area contributed by atoms with E-state index in [0.29, 0.717) is 15.4 Å². The summed E-state index contributed by atoms with van der Waals surface area (Å²) in [4.78, 5) is 13.0. The van der Waals surface area contributed by atoms with Gasteiger partial charge in [-0.05, 0) is 31.3 Å². The topological polar surface area (TPSA) is 46.6 Å². The number of thiazole rings is 1. The number of carbonyl (C=O) groups is 1. The van der Waals surface area contributed by atoms with Crippen LogP contribution in [0.4, 0.5) is 0 Å². The van der Waals surface area contributed by atoms with Crippen LogP contribution in [0.1, 0.15) is 15.4 Å². The summed E-state index contributed by atoms with van der Waals surface area (Å²) >= 11 is 8.04. The Morgan fingerprint density at radius 3 is 2.78 bits per heavy atom. The van der Waals surface area contributed by atoms with Crippen LogP contribution in [0.2, 0.25) is 0 Å². The summed E-state index contributed by atoms with van der Waals surface area (Å²) in [5.74, 6) is 1.48. The molecule has 2 aromatic rings. The van der Waals surface area contributed by atoms with Crippen LogP contribution in [-0.4, -0.2) is 33.0 Å². The monoisotopic (exact) mass is 365 g/mol. The van der Waals surface area contributed by atoms with Crippen molar-refractivity contribution < 1.29 is 9.53 Å². The fourth-order valence-corrected chi connectivity index (χ4v) is 3.90. The first-order valence-corrected chi connectivity index (χ1v) is 9.19. The molecule has 1 aliphatic rings. The minimum Gasteiger partial charge on any atom is -0.493 e. The molecule has 0 radical (unpaired) electrons. The van der Waals surface area contributed by atoms with E-state index in [-0.39, 0.29) is 5.91 Å². The number of ether oxygens (including phenoxy) is 1. The predicted octanol–water partition coefficient (Wildman–Crippen LogP) is 3.66. The van der Waals surface area contributed by atoms with Gasteiger partial charge in [-0.25, -0.2) is 0 Å². The maximum absolute atomic E-state index is 12.4. The summed E-state index contributed by atoms with van der Waals surface area (Å²) in [7, 11) is 1.87. The molecule has 2 heterocycles. The number of hydrogen-bond donors (Lipinski definition) is 0. The zero-order chi connectivity index (χ0) is 16.4. The van der Waals surface area contributed by atoms with E-state index in [4.69, 9.17) is 17.0 Å². The van der Waals surface area contributed by atoms with Crippen molar-refractivity contribution in [2.75, 3.05) is 12.4 Å². The molecule has 0 atom stereocenters. The molecule has 23 heavy (non-hydrogen) atoms. The minimum atomic E-state index is -0.106. The molecule has 1 aromatic heterocycles. The summed E-state index contributed by atoms with van der Waals surface area (Å²) in [6.07, 6.45) is 0. The standard InChI is InChI=1S/C15H15N3O2S3/c1-10-12(23-15(21)17(10)2)13(19)18-14(16-18)22-9-8-20-11-6-4-3-5-7-11/h3-7H,8-9H2,1-2H3. The number of hydrazone groups is 1. The predicted molar refractivity (Wildman–Crippen MR) is 96.9 cm³/mol. The number of carbonyl (C=O) groups excluding carboxylic acids is 1. The second-order valence-corrected chi connectivity index (χ2v) is 7.56. The number of nitrogens with zero attached hydrogens (tertiary/aromatic N) is 3. The molecular weight excluding hydrogens is 350 g/mol. The molecule has 0 saturated heterocycles. The lowest BCUT2D eigenvalue weighted by molar-refractivity contribution is 0.0891. The van der Waals surface area contributed by atoms with Gasteiger partial charge in [0.25, 0.3) is 5.91 Å². The van der Waals surface area contributed by atoms with Crippen LogP contribution in [0.3, 0.4) is 0 Å². The lowest BCUT2D eigenvalue weighted by Gasteiger charge is -2.04. The van der Waals surface area contributed by atoms with Crippen LogP contribution in [-0.2, 0) is 7.05 Å². The van der Waals surface area contributed by atoms with Gasteiger partial charge in [0.15, 0.2) is 3.95 Å². The highest BCUT2D eigenvalue weighted by Crippen LogP contribution is 2.28. The van der Waals surface area contributed by atoms with E-state index in [2.05, 4.69) is 5.10 Å². The van der Waals surface area contributed by atoms with E-state index in [1.165, 1.54) is 28.1 Å². The summed E-state index contributed by atoms with van der Waals surface area (Å²) < 4.78 is 8.15. The second-order valence-electron chi connectivity index (χ2n) is 4.85. The molecule has 0 aliphatic carbocycles. The molecule has 0 bridgehead atoms. The zero-order valence-electron chi connectivity index (χ0n) is 12.7. The number of amides is 1. The Kier molecular flexibility index (Phi) is 4.84. The van der Waals surface area contributed by atoms with Gasteiger partial charge in [0.05, 0.1) is 6.61 Å². The van der Waals surface area contributed by atoms with Gasteiger partial charge in [-0.15, -0.1) is 5.10 Å². The normalized spacial score (nSPS) is 13.0. The Bertz CT molecular complexity index is 811. The van der Waals surface area contributed by atoms with Crippen LogP contribution < -0.4 is 4.74 Å². The Hall–Kier alpha value is -1.64. The smallest absolute Gasteiger partial charge is 0.292 e. The number of rotatable bonds is 5. The molecule has 5 nitrogen and oxygen atoms in total. The van der Waals surface area contributed by atoms with Crippen molar-refractivity contribution in [3.05, 3.63) is 44.9 Å². The van der Waals surface area contributed by atoms with E-state index in [0.717, 1.165) is 22.4 Å². The Morgan fingerprint density at radius 2 is 2.13 bits per heavy atom. The third-order valence-corrected chi connectivity index (χ3v) is 5.87. The number of thioether (sulfide) groups is 1. The largest absolute Gasteiger partial charge is 0.493 e. The molecule has 1 aliphatic heterocycles. The fourth-order valence-electron chi connectivity index (χ4n) is 1.91. The Balaban J connectivity index is 1.46. The summed E-state index contributed by atoms with van der Waals surface area (Å²) in [6, 6.07) is 9.66. The Labute approximate surface area is 147 Å². The van der Waals surface area contributed by atoms with Gasteiger partial charge < -0.3 is 9.30 Å². The van der Waals surface area contributed by atoms with Crippen molar-refractivity contribution in [1.82, 2.24) is 9.58 Å². The highest BCUT2D eigenvalue weighted by molar-refractivity contribution is 8.14. The van der Waals surface area contributed by atoms with Crippen molar-refractivity contribution >= 4 is 46.4 Å². The fraction of sp³-hybridized carbons (Fsp3) is 0.267. The molecule has 1 amide bonds. The van der Waals surface area contributed by atoms with Crippen molar-refractivity contribution in [2.45, 2.75) is 6.92 Å². The molecule has 8 heteroatoms. The lowest BCUT2D eigenvalue weighted by Crippen LogP contribution is -2.16. The summed E-state index contributed by atoms with van der Waals surface area (Å²) in [5, 5.41) is 6.29. The average molecular weight is 366 g/mol. The van der Waals surface area contributed by atoms with E-state index in [9.17, 15) is 4.79 Å². The van der Waals surface area contributed by atoms with E-state index in [1.54, 1.807) is 0 Å². The van der Waals surface area contributed by atoms with Crippen LogP contribution >= 0.6 is 35.3 Å². The number of para-hydroxylation sites is 1. The van der Waals surface area contributed by atoms with Crippen molar-refractivity contribution in [3.8, 4) is 5.75 Å². The van der Waals surface area contributed by atoms with E-state index in [1.807, 2.05) is 48.9 Å². The molecule has 3 rings (SSSR count). The van der Waals surface area contributed by atoms with E-state index >= 15 is 0 Å². The van der Waals surface area contributed by atoms with Gasteiger partial charge in [-0.2, -0.15) is 5.01 Å². The highest BCUT2D eigenvalue weighted by atomic mass is 32.2. The van der Waals surface area contributed by atoms with Crippen LogP contribution in [0.25, 0.3) is 0 Å². The van der Waals surface area contributed by atoms with Gasteiger partial charge in [-0.1, -0.05) is 41.3 Å². The third-order valence-electron chi connectivity index (χ3n) is 3.34. The van der Waals surface area contributed by atoms with Crippen molar-refractivity contribution in [3.63, 3.8) is 0 Å². The van der Waals surface area contributed by atoms with Gasteiger partial charge in [-0.3, -0.25) is 4.79 Å². The van der Waals surface area contributed by atoms with Gasteiger partial charge >= 0.3 is 0 Å². The quantitative estimate of drug-likeness (QED) is 0.599. The molecule has 0 unspecified atom stereocenters. The second kappa shape index (κ2) is 6.86. The number of aromatic nitrogens is 1. The molecular formula is C15H15N3O2S3. The first-order valence-electron chi connectivity index (χ1n) is 6.98. The van der Waals surface area contributed by atoms with Crippen LogP contribution in [0, 0.1) is 10.9 Å². The first-order chi connectivity index (χ1) is 11.1. The van der Waals surface area contributed by atoms with Crippen LogP contribution in [0.5, 0.6) is 5.75 Å². The maximum atomic E-state index is 12.4. The third kappa shape index (κ3) is 3.65. The molecule has 0 saturated carbocycles. The van der Waals surface area contributed by atoms with Gasteiger partial charge in [0.1, 0.15) is 10.6 Å². The van der Waals surface area contributed by atoms with E-state index < -0.39 is 0 Å². The SMILES string of the molecule is Cc1c(C(=O)N2N=C2SCCOc2ccccc2)sc(=S)n1C.